The van der Waals surface area contributed by atoms with Crippen LogP contribution < -0.4 is 5.32 Å². The molecule has 1 unspecified atom stereocenters. The van der Waals surface area contributed by atoms with E-state index in [9.17, 15) is 9.90 Å². The van der Waals surface area contributed by atoms with Gasteiger partial charge >= 0.3 is 0 Å². The number of hydrogen-bond donors (Lipinski definition) is 2. The van der Waals surface area contributed by atoms with E-state index in [1.54, 1.807) is 10.9 Å². The molecule has 0 spiro atoms. The zero-order chi connectivity index (χ0) is 17.1. The highest BCUT2D eigenvalue weighted by atomic mass is 16.3. The first-order valence-electron chi connectivity index (χ1n) is 8.13. The number of nitrogens with one attached hydrogen (secondary N) is 1. The molecule has 22 heavy (non-hydrogen) atoms. The van der Waals surface area contributed by atoms with Crippen molar-refractivity contribution in [3.8, 4) is 0 Å². The number of aryl methyl sites for hydroxylation is 1. The monoisotopic (exact) mass is 309 g/mol. The molecule has 5 nitrogen and oxygen atoms in total. The van der Waals surface area contributed by atoms with Crippen LogP contribution in [0.2, 0.25) is 0 Å². The van der Waals surface area contributed by atoms with Gasteiger partial charge in [-0.2, -0.15) is 5.10 Å². The second kappa shape index (κ2) is 7.27. The average molecular weight is 309 g/mol. The van der Waals surface area contributed by atoms with E-state index in [2.05, 4.69) is 10.4 Å². The van der Waals surface area contributed by atoms with Crippen molar-refractivity contribution in [2.75, 3.05) is 6.54 Å². The standard InChI is InChI=1S/C17H31N3O2/c1-8-20-9-13(14(19-20)11(2)3)16(22)18-10-17(6,7)15(21)12(4)5/h9,11-12,15,21H,8,10H2,1-7H3,(H,18,22). The topological polar surface area (TPSA) is 67.2 Å². The van der Waals surface area contributed by atoms with Crippen LogP contribution in [0.15, 0.2) is 6.20 Å². The quantitative estimate of drug-likeness (QED) is 0.814. The molecule has 0 aromatic carbocycles. The molecule has 0 fully saturated rings. The van der Waals surface area contributed by atoms with E-state index in [4.69, 9.17) is 0 Å². The highest BCUT2D eigenvalue weighted by molar-refractivity contribution is 5.95. The van der Waals surface area contributed by atoms with Gasteiger partial charge in [-0.3, -0.25) is 9.48 Å². The summed E-state index contributed by atoms with van der Waals surface area (Å²) in [5.41, 5.74) is 1.08. The third kappa shape index (κ3) is 4.32. The van der Waals surface area contributed by atoms with Gasteiger partial charge in [0.1, 0.15) is 0 Å². The van der Waals surface area contributed by atoms with Gasteiger partial charge in [0.15, 0.2) is 0 Å². The lowest BCUT2D eigenvalue weighted by molar-refractivity contribution is 0.0138. The molecule has 0 aliphatic rings. The fraction of sp³-hybridized carbons (Fsp3) is 0.765. The van der Waals surface area contributed by atoms with E-state index in [1.165, 1.54) is 0 Å². The third-order valence-electron chi connectivity index (χ3n) is 4.04. The normalized spacial score (nSPS) is 13.7. The molecule has 0 aliphatic heterocycles. The van der Waals surface area contributed by atoms with Crippen LogP contribution in [0, 0.1) is 11.3 Å². The Bertz CT molecular complexity index is 504. The predicted molar refractivity (Wildman–Crippen MR) is 88.9 cm³/mol. The second-order valence-corrected chi connectivity index (χ2v) is 7.30. The minimum atomic E-state index is -0.462. The van der Waals surface area contributed by atoms with Crippen LogP contribution >= 0.6 is 0 Å². The van der Waals surface area contributed by atoms with Crippen LogP contribution in [0.25, 0.3) is 0 Å². The summed E-state index contributed by atoms with van der Waals surface area (Å²) in [6.07, 6.45) is 1.34. The molecule has 2 N–H and O–H groups in total. The molecule has 0 aliphatic carbocycles. The Labute approximate surface area is 134 Å². The summed E-state index contributed by atoms with van der Waals surface area (Å²) in [6.45, 7) is 15.1. The molecule has 1 amide bonds. The Morgan fingerprint density at radius 1 is 1.36 bits per heavy atom. The van der Waals surface area contributed by atoms with Gasteiger partial charge in [0, 0.05) is 24.7 Å². The van der Waals surface area contributed by atoms with Gasteiger partial charge in [0.2, 0.25) is 0 Å². The summed E-state index contributed by atoms with van der Waals surface area (Å²) in [7, 11) is 0. The second-order valence-electron chi connectivity index (χ2n) is 7.30. The van der Waals surface area contributed by atoms with Gasteiger partial charge in [-0.15, -0.1) is 0 Å². The molecule has 1 rings (SSSR count). The Hall–Kier alpha value is -1.36. The number of nitrogens with zero attached hydrogens (tertiary/aromatic N) is 2. The molecule has 0 saturated carbocycles. The lowest BCUT2D eigenvalue weighted by atomic mass is 9.80. The maximum absolute atomic E-state index is 12.5. The number of aromatic nitrogens is 2. The molecular formula is C17H31N3O2. The van der Waals surface area contributed by atoms with E-state index >= 15 is 0 Å². The summed E-state index contributed by atoms with van der Waals surface area (Å²) >= 11 is 0. The number of rotatable bonds is 7. The van der Waals surface area contributed by atoms with Crippen LogP contribution in [0.4, 0.5) is 0 Å². The Kier molecular flexibility index (Phi) is 6.17. The van der Waals surface area contributed by atoms with Crippen molar-refractivity contribution in [2.24, 2.45) is 11.3 Å². The fourth-order valence-corrected chi connectivity index (χ4v) is 2.61. The van der Waals surface area contributed by atoms with E-state index < -0.39 is 6.10 Å². The average Bonchev–Trinajstić information content (AvgIpc) is 2.88. The molecule has 0 saturated heterocycles. The van der Waals surface area contributed by atoms with Crippen LogP contribution in [-0.4, -0.2) is 33.4 Å². The number of hydrogen-bond acceptors (Lipinski definition) is 3. The van der Waals surface area contributed by atoms with E-state index in [0.717, 1.165) is 12.2 Å². The van der Waals surface area contributed by atoms with Crippen molar-refractivity contribution in [1.29, 1.82) is 0 Å². The summed E-state index contributed by atoms with van der Waals surface area (Å²) in [4.78, 5) is 12.5. The SMILES string of the molecule is CCn1cc(C(=O)NCC(C)(C)C(O)C(C)C)c(C(C)C)n1. The maximum atomic E-state index is 12.5. The number of aliphatic hydroxyl groups excluding tert-OH is 1. The first-order chi connectivity index (χ1) is 10.1. The zero-order valence-corrected chi connectivity index (χ0v) is 15.0. The lowest BCUT2D eigenvalue weighted by Gasteiger charge is -2.33. The van der Waals surface area contributed by atoms with Gasteiger partial charge < -0.3 is 10.4 Å². The summed E-state index contributed by atoms with van der Waals surface area (Å²) in [5, 5.41) is 17.7. The number of carbonyl (C=O) groups is 1. The first kappa shape index (κ1) is 18.7. The summed E-state index contributed by atoms with van der Waals surface area (Å²) in [6, 6.07) is 0. The van der Waals surface area contributed by atoms with Gasteiger partial charge in [0.25, 0.3) is 5.91 Å². The van der Waals surface area contributed by atoms with Crippen molar-refractivity contribution >= 4 is 5.91 Å². The molecule has 0 bridgehead atoms. The molecule has 1 atom stereocenters. The molecule has 5 heteroatoms. The number of carbonyl (C=O) groups excluding carboxylic acids is 1. The van der Waals surface area contributed by atoms with E-state index in [-0.39, 0.29) is 23.2 Å². The van der Waals surface area contributed by atoms with Gasteiger partial charge in [-0.05, 0) is 18.8 Å². The van der Waals surface area contributed by atoms with Crippen LogP contribution in [0.3, 0.4) is 0 Å². The largest absolute Gasteiger partial charge is 0.392 e. The maximum Gasteiger partial charge on any atom is 0.254 e. The fourth-order valence-electron chi connectivity index (χ4n) is 2.61. The van der Waals surface area contributed by atoms with Gasteiger partial charge in [-0.25, -0.2) is 0 Å². The molecule has 1 aromatic rings. The highest BCUT2D eigenvalue weighted by Gasteiger charge is 2.31. The lowest BCUT2D eigenvalue weighted by Crippen LogP contribution is -2.43. The number of amides is 1. The predicted octanol–water partition coefficient (Wildman–Crippen LogP) is 2.80. The molecule has 0 radical (unpaired) electrons. The van der Waals surface area contributed by atoms with Gasteiger partial charge in [0.05, 0.1) is 17.4 Å². The van der Waals surface area contributed by atoms with Crippen molar-refractivity contribution < 1.29 is 9.90 Å². The van der Waals surface area contributed by atoms with E-state index in [1.807, 2.05) is 48.5 Å². The summed E-state index contributed by atoms with van der Waals surface area (Å²) < 4.78 is 1.79. The molecule has 1 heterocycles. The minimum Gasteiger partial charge on any atom is -0.392 e. The summed E-state index contributed by atoms with van der Waals surface area (Å²) in [5.74, 6) is 0.233. The van der Waals surface area contributed by atoms with Crippen molar-refractivity contribution in [1.82, 2.24) is 15.1 Å². The van der Waals surface area contributed by atoms with Crippen molar-refractivity contribution in [3.05, 3.63) is 17.5 Å². The van der Waals surface area contributed by atoms with Crippen molar-refractivity contribution in [2.45, 2.75) is 67.0 Å². The molecular weight excluding hydrogens is 278 g/mol. The first-order valence-corrected chi connectivity index (χ1v) is 8.13. The van der Waals surface area contributed by atoms with Crippen LogP contribution in [-0.2, 0) is 6.54 Å². The van der Waals surface area contributed by atoms with E-state index in [0.29, 0.717) is 12.1 Å². The third-order valence-corrected chi connectivity index (χ3v) is 4.04. The highest BCUT2D eigenvalue weighted by Crippen LogP contribution is 2.25. The Balaban J connectivity index is 2.84. The van der Waals surface area contributed by atoms with Crippen molar-refractivity contribution in [3.63, 3.8) is 0 Å². The molecule has 126 valence electrons. The number of aliphatic hydroxyl groups is 1. The molecule has 1 aromatic heterocycles. The van der Waals surface area contributed by atoms with Crippen LogP contribution in [0.1, 0.15) is 70.4 Å². The van der Waals surface area contributed by atoms with Gasteiger partial charge in [-0.1, -0.05) is 41.5 Å². The zero-order valence-electron chi connectivity index (χ0n) is 15.0. The van der Waals surface area contributed by atoms with Crippen LogP contribution in [0.5, 0.6) is 0 Å². The Morgan fingerprint density at radius 2 is 1.95 bits per heavy atom. The minimum absolute atomic E-state index is 0.118. The smallest absolute Gasteiger partial charge is 0.254 e. The Morgan fingerprint density at radius 3 is 2.41 bits per heavy atom.